The Hall–Kier alpha value is -2.82. The summed E-state index contributed by atoms with van der Waals surface area (Å²) in [6, 6.07) is 12.0. The number of carbonyl (C=O) groups excluding carboxylic acids is 2. The van der Waals surface area contributed by atoms with Crippen molar-refractivity contribution in [3.63, 3.8) is 0 Å². The lowest BCUT2D eigenvalue weighted by Crippen LogP contribution is -2.50. The molecule has 162 valence electrons. The third kappa shape index (κ3) is 4.32. The van der Waals surface area contributed by atoms with Crippen LogP contribution in [0.4, 0.5) is 5.69 Å². The normalized spacial score (nSPS) is 15.2. The first-order chi connectivity index (χ1) is 14.8. The molecule has 31 heavy (non-hydrogen) atoms. The number of benzene rings is 2. The van der Waals surface area contributed by atoms with Crippen molar-refractivity contribution in [1.29, 1.82) is 0 Å². The Morgan fingerprint density at radius 2 is 1.71 bits per heavy atom. The molecule has 1 saturated heterocycles. The lowest BCUT2D eigenvalue weighted by molar-refractivity contribution is -0.114. The first-order valence-corrected chi connectivity index (χ1v) is 12.0. The van der Waals surface area contributed by atoms with Crippen molar-refractivity contribution < 1.29 is 18.0 Å². The molecule has 2 heterocycles. The van der Waals surface area contributed by atoms with Crippen LogP contribution in [0.15, 0.2) is 47.4 Å². The van der Waals surface area contributed by atoms with Gasteiger partial charge in [0, 0.05) is 44.2 Å². The fourth-order valence-electron chi connectivity index (χ4n) is 3.55. The Labute approximate surface area is 184 Å². The van der Waals surface area contributed by atoms with Crippen LogP contribution in [0.2, 0.25) is 0 Å². The Bertz CT molecular complexity index is 1240. The molecule has 1 fully saturated rings. The van der Waals surface area contributed by atoms with E-state index in [0.29, 0.717) is 24.5 Å². The maximum absolute atomic E-state index is 13.0. The van der Waals surface area contributed by atoms with Crippen molar-refractivity contribution in [2.45, 2.75) is 18.7 Å². The summed E-state index contributed by atoms with van der Waals surface area (Å²) in [6.45, 7) is 4.38. The van der Waals surface area contributed by atoms with E-state index >= 15 is 0 Å². The number of piperazine rings is 1. The quantitative estimate of drug-likeness (QED) is 0.648. The van der Waals surface area contributed by atoms with E-state index in [1.54, 1.807) is 17.0 Å². The average molecular weight is 459 g/mol. The van der Waals surface area contributed by atoms with Gasteiger partial charge >= 0.3 is 0 Å². The third-order valence-corrected chi connectivity index (χ3v) is 7.91. The number of aryl methyl sites for hydroxylation is 1. The monoisotopic (exact) mass is 458 g/mol. The molecule has 2 amide bonds. The first-order valence-electron chi connectivity index (χ1n) is 9.79. The Kier molecular flexibility index (Phi) is 5.78. The predicted molar refractivity (Wildman–Crippen MR) is 120 cm³/mol. The Morgan fingerprint density at radius 3 is 2.35 bits per heavy atom. The van der Waals surface area contributed by atoms with Crippen molar-refractivity contribution in [1.82, 2.24) is 13.6 Å². The second-order valence-electron chi connectivity index (χ2n) is 7.43. The summed E-state index contributed by atoms with van der Waals surface area (Å²) in [5.74, 6) is -0.395. The number of nitrogens with zero attached hydrogens (tertiary/aromatic N) is 3. The first kappa shape index (κ1) is 21.4. The van der Waals surface area contributed by atoms with E-state index in [9.17, 15) is 18.0 Å². The number of amides is 2. The van der Waals surface area contributed by atoms with Gasteiger partial charge in [0.1, 0.15) is 5.69 Å². The molecule has 10 heteroatoms. The molecule has 0 atom stereocenters. The van der Waals surface area contributed by atoms with Crippen molar-refractivity contribution in [3.8, 4) is 0 Å². The molecule has 0 saturated carbocycles. The second kappa shape index (κ2) is 8.37. The van der Waals surface area contributed by atoms with Gasteiger partial charge in [-0.25, -0.2) is 8.42 Å². The number of carbonyl (C=O) groups is 2. The maximum atomic E-state index is 13.0. The molecule has 8 nitrogen and oxygen atoms in total. The number of rotatable bonds is 4. The number of nitrogens with one attached hydrogen (secondary N) is 1. The molecule has 1 aliphatic rings. The molecule has 1 aromatic heterocycles. The summed E-state index contributed by atoms with van der Waals surface area (Å²) < 4.78 is 32.6. The third-order valence-electron chi connectivity index (χ3n) is 5.17. The highest BCUT2D eigenvalue weighted by Gasteiger charge is 2.31. The van der Waals surface area contributed by atoms with Crippen LogP contribution >= 0.6 is 11.5 Å². The summed E-state index contributed by atoms with van der Waals surface area (Å²) in [5.41, 5.74) is 2.02. The lowest BCUT2D eigenvalue weighted by atomic mass is 10.1. The van der Waals surface area contributed by atoms with Crippen LogP contribution in [0.5, 0.6) is 0 Å². The van der Waals surface area contributed by atoms with E-state index < -0.39 is 10.0 Å². The van der Waals surface area contributed by atoms with Gasteiger partial charge in [0.05, 0.1) is 9.60 Å². The van der Waals surface area contributed by atoms with Crippen molar-refractivity contribution >= 4 is 49.1 Å². The molecule has 1 N–H and O–H groups in total. The van der Waals surface area contributed by atoms with Gasteiger partial charge in [-0.1, -0.05) is 11.6 Å². The SMILES string of the molecule is CC(=O)Nc1ccc(S(=O)(=O)N2CCN(C(=O)c3nsc4ccc(C)cc34)CC2)cc1. The van der Waals surface area contributed by atoms with Gasteiger partial charge in [0.15, 0.2) is 0 Å². The largest absolute Gasteiger partial charge is 0.335 e. The molecule has 0 radical (unpaired) electrons. The number of sulfonamides is 1. The van der Waals surface area contributed by atoms with Gasteiger partial charge in [0.2, 0.25) is 15.9 Å². The molecule has 2 aromatic carbocycles. The molecular formula is C21H22N4O4S2. The smallest absolute Gasteiger partial charge is 0.274 e. The number of hydrogen-bond donors (Lipinski definition) is 1. The molecule has 4 rings (SSSR count). The summed E-state index contributed by atoms with van der Waals surface area (Å²) in [5, 5.41) is 3.45. The molecule has 0 unspecified atom stereocenters. The van der Waals surface area contributed by atoms with Crippen LogP contribution in [0.25, 0.3) is 10.1 Å². The van der Waals surface area contributed by atoms with E-state index in [1.165, 1.54) is 34.9 Å². The highest BCUT2D eigenvalue weighted by Crippen LogP contribution is 2.26. The van der Waals surface area contributed by atoms with Crippen LogP contribution in [0.1, 0.15) is 23.0 Å². The van der Waals surface area contributed by atoms with Crippen LogP contribution in [-0.4, -0.2) is 60.0 Å². The van der Waals surface area contributed by atoms with Gasteiger partial charge < -0.3 is 10.2 Å². The molecule has 0 spiro atoms. The maximum Gasteiger partial charge on any atom is 0.274 e. The van der Waals surface area contributed by atoms with Crippen LogP contribution < -0.4 is 5.32 Å². The predicted octanol–water partition coefficient (Wildman–Crippen LogP) is 2.71. The van der Waals surface area contributed by atoms with E-state index in [1.807, 2.05) is 25.1 Å². The second-order valence-corrected chi connectivity index (χ2v) is 10.2. The van der Waals surface area contributed by atoms with E-state index in [0.717, 1.165) is 15.6 Å². The van der Waals surface area contributed by atoms with Gasteiger partial charge in [-0.3, -0.25) is 9.59 Å². The summed E-state index contributed by atoms with van der Waals surface area (Å²) in [7, 11) is -3.68. The fraction of sp³-hybridized carbons (Fsp3) is 0.286. The van der Waals surface area contributed by atoms with Crippen LogP contribution in [0, 0.1) is 6.92 Å². The molecule has 0 bridgehead atoms. The standard InChI is InChI=1S/C21H22N4O4S2/c1-14-3-8-19-18(13-14)20(23-30-19)21(27)24-9-11-25(12-10-24)31(28,29)17-6-4-16(5-7-17)22-15(2)26/h3-8,13H,9-12H2,1-2H3,(H,22,26). The van der Waals surface area contributed by atoms with E-state index in [-0.39, 0.29) is 29.8 Å². The Balaban J connectivity index is 1.45. The van der Waals surface area contributed by atoms with Gasteiger partial charge in [-0.2, -0.15) is 8.68 Å². The number of aromatic nitrogens is 1. The number of hydrogen-bond acceptors (Lipinski definition) is 6. The zero-order valence-corrected chi connectivity index (χ0v) is 18.8. The number of anilines is 1. The fourth-order valence-corrected chi connectivity index (χ4v) is 5.72. The minimum Gasteiger partial charge on any atom is -0.335 e. The zero-order valence-electron chi connectivity index (χ0n) is 17.2. The Morgan fingerprint density at radius 1 is 1.03 bits per heavy atom. The highest BCUT2D eigenvalue weighted by molar-refractivity contribution is 7.89. The summed E-state index contributed by atoms with van der Waals surface area (Å²) in [6.07, 6.45) is 0. The molecule has 3 aromatic rings. The van der Waals surface area contributed by atoms with E-state index in [4.69, 9.17) is 0 Å². The summed E-state index contributed by atoms with van der Waals surface area (Å²) in [4.78, 5) is 25.9. The minimum absolute atomic E-state index is 0.155. The molecular weight excluding hydrogens is 436 g/mol. The van der Waals surface area contributed by atoms with Crippen molar-refractivity contribution in [2.75, 3.05) is 31.5 Å². The van der Waals surface area contributed by atoms with Gasteiger partial charge in [-0.05, 0) is 54.9 Å². The summed E-state index contributed by atoms with van der Waals surface area (Å²) >= 11 is 1.29. The number of fused-ring (bicyclic) bond motifs is 1. The minimum atomic E-state index is -3.68. The molecule has 1 aliphatic heterocycles. The van der Waals surface area contributed by atoms with Gasteiger partial charge in [-0.15, -0.1) is 0 Å². The van der Waals surface area contributed by atoms with Gasteiger partial charge in [0.25, 0.3) is 5.91 Å². The van der Waals surface area contributed by atoms with Crippen LogP contribution in [0.3, 0.4) is 0 Å². The highest BCUT2D eigenvalue weighted by atomic mass is 32.2. The van der Waals surface area contributed by atoms with Crippen molar-refractivity contribution in [2.24, 2.45) is 0 Å². The average Bonchev–Trinajstić information content (AvgIpc) is 3.16. The topological polar surface area (TPSA) is 99.7 Å². The molecule has 0 aliphatic carbocycles. The van der Waals surface area contributed by atoms with Crippen molar-refractivity contribution in [3.05, 3.63) is 53.7 Å². The lowest BCUT2D eigenvalue weighted by Gasteiger charge is -2.33. The zero-order chi connectivity index (χ0) is 22.2. The van der Waals surface area contributed by atoms with Crippen LogP contribution in [-0.2, 0) is 14.8 Å². The van der Waals surface area contributed by atoms with E-state index in [2.05, 4.69) is 9.69 Å².